The average Bonchev–Trinajstić information content (AvgIpc) is 2.10. The molecule has 2 heteroatoms. The van der Waals surface area contributed by atoms with Crippen LogP contribution in [0.4, 0.5) is 0 Å². The smallest absolute Gasteiger partial charge is 0.0345 e. The highest BCUT2D eigenvalue weighted by atomic mass is 35.5. The highest BCUT2D eigenvalue weighted by Gasteiger charge is 1.99. The van der Waals surface area contributed by atoms with Gasteiger partial charge in [-0.15, -0.1) is 11.6 Å². The fourth-order valence-corrected chi connectivity index (χ4v) is 1.33. The third kappa shape index (κ3) is 10.2. The molecule has 0 aliphatic rings. The minimum absolute atomic E-state index is 0.359. The van der Waals surface area contributed by atoms with Crippen LogP contribution in [0, 0.1) is 5.92 Å². The molecular formula is C11H24ClN. The molecule has 0 amide bonds. The molecule has 0 radical (unpaired) electrons. The van der Waals surface area contributed by atoms with Crippen LogP contribution in [0.2, 0.25) is 0 Å². The second-order valence-electron chi connectivity index (χ2n) is 4.08. The van der Waals surface area contributed by atoms with Gasteiger partial charge in [0.1, 0.15) is 0 Å². The fraction of sp³-hybridized carbons (Fsp3) is 1.00. The van der Waals surface area contributed by atoms with Gasteiger partial charge < -0.3 is 5.32 Å². The van der Waals surface area contributed by atoms with E-state index in [2.05, 4.69) is 26.1 Å². The Balaban J connectivity index is 2.99. The van der Waals surface area contributed by atoms with E-state index in [0.29, 0.717) is 5.38 Å². The monoisotopic (exact) mass is 205 g/mol. The summed E-state index contributed by atoms with van der Waals surface area (Å²) in [6.45, 7) is 8.89. The molecule has 80 valence electrons. The zero-order chi connectivity index (χ0) is 10.1. The van der Waals surface area contributed by atoms with Gasteiger partial charge in [-0.25, -0.2) is 0 Å². The quantitative estimate of drug-likeness (QED) is 0.473. The Morgan fingerprint density at radius 3 is 2.38 bits per heavy atom. The Morgan fingerprint density at radius 1 is 1.15 bits per heavy atom. The first kappa shape index (κ1) is 13.2. The number of hydrogen-bond acceptors (Lipinski definition) is 1. The summed E-state index contributed by atoms with van der Waals surface area (Å²) in [6.07, 6.45) is 4.79. The summed E-state index contributed by atoms with van der Waals surface area (Å²) >= 11 is 5.99. The maximum absolute atomic E-state index is 5.99. The SMILES string of the molecule is CCC(Cl)CCNCCCC(C)C. The summed E-state index contributed by atoms with van der Waals surface area (Å²) in [4.78, 5) is 0. The van der Waals surface area contributed by atoms with Crippen LogP contribution in [0.5, 0.6) is 0 Å². The largest absolute Gasteiger partial charge is 0.317 e. The van der Waals surface area contributed by atoms with Gasteiger partial charge in [-0.05, 0) is 44.7 Å². The molecule has 0 aliphatic heterocycles. The number of nitrogens with one attached hydrogen (secondary N) is 1. The first-order valence-corrected chi connectivity index (χ1v) is 5.95. The predicted octanol–water partition coefficient (Wildman–Crippen LogP) is 3.42. The molecule has 0 saturated carbocycles. The van der Waals surface area contributed by atoms with Crippen molar-refractivity contribution in [3.05, 3.63) is 0 Å². The third-order valence-corrected chi connectivity index (χ3v) is 2.74. The van der Waals surface area contributed by atoms with Gasteiger partial charge in [0.2, 0.25) is 0 Å². The molecule has 0 aromatic heterocycles. The summed E-state index contributed by atoms with van der Waals surface area (Å²) < 4.78 is 0. The van der Waals surface area contributed by atoms with Crippen molar-refractivity contribution < 1.29 is 0 Å². The van der Waals surface area contributed by atoms with Crippen molar-refractivity contribution in [2.24, 2.45) is 5.92 Å². The van der Waals surface area contributed by atoms with E-state index in [1.807, 2.05) is 0 Å². The topological polar surface area (TPSA) is 12.0 Å². The van der Waals surface area contributed by atoms with Crippen LogP contribution in [0.1, 0.15) is 46.5 Å². The van der Waals surface area contributed by atoms with E-state index >= 15 is 0 Å². The zero-order valence-corrected chi connectivity index (χ0v) is 10.0. The fourth-order valence-electron chi connectivity index (χ4n) is 1.22. The van der Waals surface area contributed by atoms with Crippen LogP contribution in [0.15, 0.2) is 0 Å². The van der Waals surface area contributed by atoms with Crippen molar-refractivity contribution in [3.63, 3.8) is 0 Å². The van der Waals surface area contributed by atoms with Crippen molar-refractivity contribution in [3.8, 4) is 0 Å². The van der Waals surface area contributed by atoms with Gasteiger partial charge in [0.05, 0.1) is 0 Å². The molecule has 1 N–H and O–H groups in total. The van der Waals surface area contributed by atoms with Gasteiger partial charge in [0.25, 0.3) is 0 Å². The maximum Gasteiger partial charge on any atom is 0.0345 e. The van der Waals surface area contributed by atoms with Crippen LogP contribution in [-0.4, -0.2) is 18.5 Å². The van der Waals surface area contributed by atoms with E-state index < -0.39 is 0 Å². The van der Waals surface area contributed by atoms with E-state index in [1.165, 1.54) is 12.8 Å². The van der Waals surface area contributed by atoms with Crippen molar-refractivity contribution >= 4 is 11.6 Å². The van der Waals surface area contributed by atoms with E-state index in [9.17, 15) is 0 Å². The van der Waals surface area contributed by atoms with E-state index in [-0.39, 0.29) is 0 Å². The highest BCUT2D eigenvalue weighted by molar-refractivity contribution is 6.20. The Hall–Kier alpha value is 0.250. The summed E-state index contributed by atoms with van der Waals surface area (Å²) in [5, 5.41) is 3.78. The van der Waals surface area contributed by atoms with Gasteiger partial charge in [0, 0.05) is 5.38 Å². The first-order chi connectivity index (χ1) is 6.16. The first-order valence-electron chi connectivity index (χ1n) is 5.51. The Kier molecular flexibility index (Phi) is 9.00. The number of rotatable bonds is 8. The summed E-state index contributed by atoms with van der Waals surface area (Å²) in [7, 11) is 0. The van der Waals surface area contributed by atoms with Crippen molar-refractivity contribution in [1.82, 2.24) is 5.32 Å². The van der Waals surface area contributed by atoms with E-state index in [0.717, 1.165) is 31.8 Å². The lowest BCUT2D eigenvalue weighted by Crippen LogP contribution is -2.19. The van der Waals surface area contributed by atoms with Crippen LogP contribution >= 0.6 is 11.6 Å². The summed E-state index contributed by atoms with van der Waals surface area (Å²) in [5.41, 5.74) is 0. The van der Waals surface area contributed by atoms with Crippen LogP contribution < -0.4 is 5.32 Å². The van der Waals surface area contributed by atoms with Crippen molar-refractivity contribution in [1.29, 1.82) is 0 Å². The molecular weight excluding hydrogens is 182 g/mol. The van der Waals surface area contributed by atoms with Crippen molar-refractivity contribution in [2.75, 3.05) is 13.1 Å². The lowest BCUT2D eigenvalue weighted by Gasteiger charge is -2.08. The molecule has 0 rings (SSSR count). The van der Waals surface area contributed by atoms with Crippen LogP contribution in [-0.2, 0) is 0 Å². The van der Waals surface area contributed by atoms with Gasteiger partial charge in [-0.3, -0.25) is 0 Å². The molecule has 0 aliphatic carbocycles. The molecule has 1 unspecified atom stereocenters. The number of halogens is 1. The standard InChI is InChI=1S/C11H24ClN/c1-4-11(12)7-9-13-8-5-6-10(2)3/h10-11,13H,4-9H2,1-3H3. The average molecular weight is 206 g/mol. The summed E-state index contributed by atoms with van der Waals surface area (Å²) in [5.74, 6) is 0.832. The molecule has 0 fully saturated rings. The van der Waals surface area contributed by atoms with Crippen LogP contribution in [0.3, 0.4) is 0 Å². The highest BCUT2D eigenvalue weighted by Crippen LogP contribution is 2.05. The molecule has 0 aromatic carbocycles. The molecule has 0 aromatic rings. The maximum atomic E-state index is 5.99. The minimum atomic E-state index is 0.359. The van der Waals surface area contributed by atoms with E-state index in [4.69, 9.17) is 11.6 Å². The molecule has 0 spiro atoms. The lowest BCUT2D eigenvalue weighted by molar-refractivity contribution is 0.521. The number of hydrogen-bond donors (Lipinski definition) is 1. The Labute approximate surface area is 88.2 Å². The second-order valence-corrected chi connectivity index (χ2v) is 4.70. The Morgan fingerprint density at radius 2 is 1.85 bits per heavy atom. The molecule has 0 saturated heterocycles. The third-order valence-electron chi connectivity index (χ3n) is 2.21. The molecule has 0 heterocycles. The predicted molar refractivity (Wildman–Crippen MR) is 61.5 cm³/mol. The van der Waals surface area contributed by atoms with E-state index in [1.54, 1.807) is 0 Å². The van der Waals surface area contributed by atoms with Crippen molar-refractivity contribution in [2.45, 2.75) is 51.8 Å². The molecule has 13 heavy (non-hydrogen) atoms. The Bertz CT molecular complexity index is 104. The zero-order valence-electron chi connectivity index (χ0n) is 9.28. The molecule has 1 nitrogen and oxygen atoms in total. The van der Waals surface area contributed by atoms with Gasteiger partial charge in [0.15, 0.2) is 0 Å². The molecule has 1 atom stereocenters. The van der Waals surface area contributed by atoms with Crippen LogP contribution in [0.25, 0.3) is 0 Å². The lowest BCUT2D eigenvalue weighted by atomic mass is 10.1. The minimum Gasteiger partial charge on any atom is -0.317 e. The van der Waals surface area contributed by atoms with Gasteiger partial charge in [-0.2, -0.15) is 0 Å². The number of alkyl halides is 1. The molecule has 0 bridgehead atoms. The van der Waals surface area contributed by atoms with Gasteiger partial charge in [-0.1, -0.05) is 20.8 Å². The normalized spacial score (nSPS) is 13.6. The van der Waals surface area contributed by atoms with Gasteiger partial charge >= 0.3 is 0 Å². The summed E-state index contributed by atoms with van der Waals surface area (Å²) in [6, 6.07) is 0. The second kappa shape index (κ2) is 8.83.